The molecular weight excluding hydrogens is 202 g/mol. The normalized spacial score (nSPS) is 9.62. The molecule has 0 fully saturated rings. The third kappa shape index (κ3) is 2.40. The Morgan fingerprint density at radius 3 is 2.62 bits per heavy atom. The second-order valence-electron chi connectivity index (χ2n) is 3.51. The molecule has 84 valence electrons. The molecule has 0 aliphatic heterocycles. The van der Waals surface area contributed by atoms with Crippen molar-refractivity contribution in [1.29, 1.82) is 5.26 Å². The Labute approximate surface area is 95.7 Å². The Balaban J connectivity index is 3.28. The largest absolute Gasteiger partial charge is 0.462 e. The Bertz CT molecular complexity index is 444. The van der Waals surface area contributed by atoms with E-state index in [0.717, 1.165) is 11.1 Å². The van der Waals surface area contributed by atoms with Gasteiger partial charge in [0.15, 0.2) is 0 Å². The van der Waals surface area contributed by atoms with Gasteiger partial charge in [0, 0.05) is 0 Å². The van der Waals surface area contributed by atoms with Gasteiger partial charge in [-0.3, -0.25) is 0 Å². The highest BCUT2D eigenvalue weighted by molar-refractivity contribution is 5.93. The highest BCUT2D eigenvalue weighted by Gasteiger charge is 2.15. The summed E-state index contributed by atoms with van der Waals surface area (Å²) < 4.78 is 5.00. The first-order valence-electron chi connectivity index (χ1n) is 5.34. The van der Waals surface area contributed by atoms with Crippen LogP contribution in [0.1, 0.15) is 40.9 Å². The summed E-state index contributed by atoms with van der Waals surface area (Å²) in [6.45, 7) is 5.93. The van der Waals surface area contributed by atoms with Gasteiger partial charge in [-0.25, -0.2) is 4.79 Å². The van der Waals surface area contributed by atoms with E-state index in [1.54, 1.807) is 19.1 Å². The lowest BCUT2D eigenvalue weighted by Gasteiger charge is -2.10. The van der Waals surface area contributed by atoms with Crippen LogP contribution in [0.5, 0.6) is 0 Å². The Morgan fingerprint density at radius 2 is 2.12 bits per heavy atom. The SMILES string of the molecule is CCOC(=O)c1c(C)cc(C#N)cc1CC. The van der Waals surface area contributed by atoms with Crippen LogP contribution < -0.4 is 0 Å². The number of hydrogen-bond donors (Lipinski definition) is 0. The molecule has 0 saturated heterocycles. The summed E-state index contributed by atoms with van der Waals surface area (Å²) in [5.41, 5.74) is 2.86. The molecule has 0 atom stereocenters. The van der Waals surface area contributed by atoms with Gasteiger partial charge in [0.25, 0.3) is 0 Å². The molecule has 16 heavy (non-hydrogen) atoms. The fraction of sp³-hybridized carbons (Fsp3) is 0.385. The molecule has 1 aromatic rings. The van der Waals surface area contributed by atoms with Gasteiger partial charge in [0.05, 0.1) is 23.8 Å². The fourth-order valence-electron chi connectivity index (χ4n) is 1.70. The van der Waals surface area contributed by atoms with Gasteiger partial charge in [-0.05, 0) is 43.5 Å². The predicted octanol–water partition coefficient (Wildman–Crippen LogP) is 2.61. The minimum absolute atomic E-state index is 0.304. The van der Waals surface area contributed by atoms with Crippen LogP contribution in [-0.2, 0) is 11.2 Å². The minimum atomic E-state index is -0.304. The van der Waals surface area contributed by atoms with E-state index >= 15 is 0 Å². The fourth-order valence-corrected chi connectivity index (χ4v) is 1.70. The molecule has 0 spiro atoms. The third-order valence-corrected chi connectivity index (χ3v) is 2.41. The van der Waals surface area contributed by atoms with Crippen molar-refractivity contribution in [2.45, 2.75) is 27.2 Å². The molecule has 0 N–H and O–H groups in total. The number of aryl methyl sites for hydroxylation is 2. The second-order valence-corrected chi connectivity index (χ2v) is 3.51. The molecule has 0 aliphatic carbocycles. The van der Waals surface area contributed by atoms with E-state index in [9.17, 15) is 4.79 Å². The van der Waals surface area contributed by atoms with Crippen LogP contribution in [-0.4, -0.2) is 12.6 Å². The van der Waals surface area contributed by atoms with Gasteiger partial charge in [0.2, 0.25) is 0 Å². The summed E-state index contributed by atoms with van der Waals surface area (Å²) in [6.07, 6.45) is 0.713. The summed E-state index contributed by atoms with van der Waals surface area (Å²) in [6, 6.07) is 5.55. The molecule has 0 aromatic heterocycles. The lowest BCUT2D eigenvalue weighted by molar-refractivity contribution is 0.0524. The Kier molecular flexibility index (Phi) is 4.07. The van der Waals surface area contributed by atoms with E-state index in [4.69, 9.17) is 10.00 Å². The van der Waals surface area contributed by atoms with Crippen LogP contribution >= 0.6 is 0 Å². The van der Waals surface area contributed by atoms with Crippen molar-refractivity contribution in [1.82, 2.24) is 0 Å². The maximum atomic E-state index is 11.7. The van der Waals surface area contributed by atoms with E-state index in [0.29, 0.717) is 24.2 Å². The van der Waals surface area contributed by atoms with Crippen molar-refractivity contribution in [3.63, 3.8) is 0 Å². The van der Waals surface area contributed by atoms with Crippen molar-refractivity contribution in [3.05, 3.63) is 34.4 Å². The van der Waals surface area contributed by atoms with Crippen molar-refractivity contribution in [2.75, 3.05) is 6.61 Å². The van der Waals surface area contributed by atoms with Gasteiger partial charge >= 0.3 is 5.97 Å². The number of rotatable bonds is 3. The van der Waals surface area contributed by atoms with Crippen molar-refractivity contribution in [2.24, 2.45) is 0 Å². The number of nitrogens with zero attached hydrogens (tertiary/aromatic N) is 1. The summed E-state index contributed by atoms with van der Waals surface area (Å²) in [5.74, 6) is -0.304. The zero-order chi connectivity index (χ0) is 12.1. The molecule has 0 saturated carbocycles. The average Bonchev–Trinajstić information content (AvgIpc) is 2.27. The molecule has 0 radical (unpaired) electrons. The molecule has 0 aliphatic rings. The summed E-state index contributed by atoms with van der Waals surface area (Å²) in [7, 11) is 0. The van der Waals surface area contributed by atoms with Crippen LogP contribution in [0.25, 0.3) is 0 Å². The standard InChI is InChI=1S/C13H15NO2/c1-4-11-7-10(8-14)6-9(3)12(11)13(15)16-5-2/h6-7H,4-5H2,1-3H3. The molecule has 0 heterocycles. The van der Waals surface area contributed by atoms with Crippen LogP contribution in [0.4, 0.5) is 0 Å². The van der Waals surface area contributed by atoms with Gasteiger partial charge in [-0.1, -0.05) is 6.92 Å². The number of ether oxygens (including phenoxy) is 1. The van der Waals surface area contributed by atoms with Gasteiger partial charge < -0.3 is 4.74 Å². The summed E-state index contributed by atoms with van der Waals surface area (Å²) in [5, 5.41) is 8.85. The highest BCUT2D eigenvalue weighted by atomic mass is 16.5. The van der Waals surface area contributed by atoms with E-state index in [-0.39, 0.29) is 5.97 Å². The number of carbonyl (C=O) groups excluding carboxylic acids is 1. The van der Waals surface area contributed by atoms with Crippen LogP contribution in [0.3, 0.4) is 0 Å². The number of esters is 1. The maximum Gasteiger partial charge on any atom is 0.338 e. The van der Waals surface area contributed by atoms with E-state index in [1.807, 2.05) is 13.8 Å². The zero-order valence-electron chi connectivity index (χ0n) is 9.83. The molecule has 1 aromatic carbocycles. The summed E-state index contributed by atoms with van der Waals surface area (Å²) >= 11 is 0. The average molecular weight is 217 g/mol. The second kappa shape index (κ2) is 5.32. The lowest BCUT2D eigenvalue weighted by Crippen LogP contribution is -2.10. The predicted molar refractivity (Wildman–Crippen MR) is 61.2 cm³/mol. The third-order valence-electron chi connectivity index (χ3n) is 2.41. The molecule has 0 unspecified atom stereocenters. The Morgan fingerprint density at radius 1 is 1.44 bits per heavy atom. The topological polar surface area (TPSA) is 50.1 Å². The lowest BCUT2D eigenvalue weighted by atomic mass is 9.97. The van der Waals surface area contributed by atoms with Crippen LogP contribution in [0.2, 0.25) is 0 Å². The molecular formula is C13H15NO2. The van der Waals surface area contributed by atoms with Crippen LogP contribution in [0, 0.1) is 18.3 Å². The quantitative estimate of drug-likeness (QED) is 0.731. The molecule has 0 bridgehead atoms. The van der Waals surface area contributed by atoms with E-state index in [2.05, 4.69) is 6.07 Å². The number of nitriles is 1. The maximum absolute atomic E-state index is 11.7. The minimum Gasteiger partial charge on any atom is -0.462 e. The Hall–Kier alpha value is -1.82. The van der Waals surface area contributed by atoms with Gasteiger partial charge in [-0.2, -0.15) is 5.26 Å². The number of benzene rings is 1. The van der Waals surface area contributed by atoms with Crippen molar-refractivity contribution < 1.29 is 9.53 Å². The highest BCUT2D eigenvalue weighted by Crippen LogP contribution is 2.19. The summed E-state index contributed by atoms with van der Waals surface area (Å²) in [4.78, 5) is 11.7. The number of carbonyl (C=O) groups is 1. The zero-order valence-corrected chi connectivity index (χ0v) is 9.83. The van der Waals surface area contributed by atoms with Crippen LogP contribution in [0.15, 0.2) is 12.1 Å². The van der Waals surface area contributed by atoms with E-state index < -0.39 is 0 Å². The monoisotopic (exact) mass is 217 g/mol. The first kappa shape index (κ1) is 12.3. The van der Waals surface area contributed by atoms with Gasteiger partial charge in [-0.15, -0.1) is 0 Å². The molecule has 3 heteroatoms. The molecule has 3 nitrogen and oxygen atoms in total. The molecule has 1 rings (SSSR count). The van der Waals surface area contributed by atoms with Gasteiger partial charge in [0.1, 0.15) is 0 Å². The molecule has 0 amide bonds. The van der Waals surface area contributed by atoms with E-state index in [1.165, 1.54) is 0 Å². The number of hydrogen-bond acceptors (Lipinski definition) is 3. The first-order valence-corrected chi connectivity index (χ1v) is 5.34. The van der Waals surface area contributed by atoms with Crippen molar-refractivity contribution >= 4 is 5.97 Å². The first-order chi connectivity index (χ1) is 7.63. The smallest absolute Gasteiger partial charge is 0.338 e. The van der Waals surface area contributed by atoms with Crippen molar-refractivity contribution in [3.8, 4) is 6.07 Å².